The Hall–Kier alpha value is -0.785. The first kappa shape index (κ1) is 16.2. The van der Waals surface area contributed by atoms with Crippen LogP contribution in [0, 0.1) is 0 Å². The molecule has 1 heterocycles. The highest BCUT2D eigenvalue weighted by molar-refractivity contribution is 6.43. The van der Waals surface area contributed by atoms with E-state index in [1.807, 2.05) is 32.3 Å². The third-order valence-electron chi connectivity index (χ3n) is 3.07. The van der Waals surface area contributed by atoms with Crippen molar-refractivity contribution in [2.45, 2.75) is 65.5 Å². The second-order valence-corrected chi connectivity index (χ2v) is 5.45. The summed E-state index contributed by atoms with van der Waals surface area (Å²) in [5.74, 6) is 0. The molecule has 0 atom stereocenters. The lowest BCUT2D eigenvalue weighted by Crippen LogP contribution is -2.33. The van der Waals surface area contributed by atoms with Gasteiger partial charge >= 0.3 is 0 Å². The highest BCUT2D eigenvalue weighted by atomic mass is 14.6. The summed E-state index contributed by atoms with van der Waals surface area (Å²) in [7, 11) is 2.43. The van der Waals surface area contributed by atoms with Gasteiger partial charge in [0.2, 0.25) is 0 Å². The van der Waals surface area contributed by atoms with Gasteiger partial charge in [0.25, 0.3) is 0 Å². The highest BCUT2D eigenvalue weighted by Gasteiger charge is 2.30. The standard InChI is InChI=1S/C13H21BN.C2H6/c1-6-12(2,3)14-13(4,5)11-8-7-9-15-10-11;1-2/h7-10H,6H2,1-5H3;1-2H3. The Morgan fingerprint density at radius 1 is 1.18 bits per heavy atom. The van der Waals surface area contributed by atoms with Crippen molar-refractivity contribution < 1.29 is 0 Å². The van der Waals surface area contributed by atoms with Crippen LogP contribution in [0.3, 0.4) is 0 Å². The highest BCUT2D eigenvalue weighted by Crippen LogP contribution is 2.35. The summed E-state index contributed by atoms with van der Waals surface area (Å²) in [6.45, 7) is 15.3. The summed E-state index contributed by atoms with van der Waals surface area (Å²) >= 11 is 0. The fourth-order valence-corrected chi connectivity index (χ4v) is 1.91. The Morgan fingerprint density at radius 3 is 2.18 bits per heavy atom. The van der Waals surface area contributed by atoms with Crippen molar-refractivity contribution in [3.8, 4) is 0 Å². The van der Waals surface area contributed by atoms with Crippen molar-refractivity contribution in [1.29, 1.82) is 0 Å². The fourth-order valence-electron chi connectivity index (χ4n) is 1.91. The average Bonchev–Trinajstić information content (AvgIpc) is 2.32. The van der Waals surface area contributed by atoms with Crippen LogP contribution >= 0.6 is 0 Å². The SMILES string of the molecule is CC.CCC(C)(C)[B]C(C)(C)c1cccnc1. The molecule has 0 aliphatic rings. The van der Waals surface area contributed by atoms with Crippen LogP contribution in [0.4, 0.5) is 0 Å². The Kier molecular flexibility index (Phi) is 6.52. The van der Waals surface area contributed by atoms with Gasteiger partial charge in [0.05, 0.1) is 0 Å². The van der Waals surface area contributed by atoms with Gasteiger partial charge in [-0.1, -0.05) is 66.3 Å². The van der Waals surface area contributed by atoms with Crippen LogP contribution < -0.4 is 0 Å². The number of hydrogen-bond donors (Lipinski definition) is 0. The second kappa shape index (κ2) is 6.83. The van der Waals surface area contributed by atoms with Crippen molar-refractivity contribution in [2.75, 3.05) is 0 Å². The van der Waals surface area contributed by atoms with Gasteiger partial charge in [-0.25, -0.2) is 0 Å². The molecule has 1 aromatic rings. The summed E-state index contributed by atoms with van der Waals surface area (Å²) < 4.78 is 0. The molecular weight excluding hydrogens is 205 g/mol. The molecule has 0 aliphatic heterocycles. The summed E-state index contributed by atoms with van der Waals surface area (Å²) in [4.78, 5) is 4.19. The van der Waals surface area contributed by atoms with Crippen LogP contribution in [-0.2, 0) is 5.31 Å². The second-order valence-electron chi connectivity index (χ2n) is 5.45. The number of nitrogens with zero attached hydrogens (tertiary/aromatic N) is 1. The lowest BCUT2D eigenvalue weighted by molar-refractivity contribution is 0.601. The van der Waals surface area contributed by atoms with Gasteiger partial charge in [-0.05, 0) is 16.9 Å². The largest absolute Gasteiger partial charge is 0.264 e. The molecule has 0 N–H and O–H groups in total. The summed E-state index contributed by atoms with van der Waals surface area (Å²) in [5.41, 5.74) is 1.28. The average molecular weight is 232 g/mol. The molecule has 95 valence electrons. The maximum Gasteiger partial charge on any atom is 0.130 e. The van der Waals surface area contributed by atoms with E-state index in [-0.39, 0.29) is 10.6 Å². The molecule has 2 heteroatoms. The Morgan fingerprint density at radius 2 is 1.76 bits per heavy atom. The molecule has 1 radical (unpaired) electrons. The van der Waals surface area contributed by atoms with Gasteiger partial charge < -0.3 is 0 Å². The minimum absolute atomic E-state index is 0.0910. The predicted molar refractivity (Wildman–Crippen MR) is 78.7 cm³/mol. The maximum atomic E-state index is 4.19. The van der Waals surface area contributed by atoms with Crippen LogP contribution in [-0.4, -0.2) is 12.3 Å². The van der Waals surface area contributed by atoms with Crippen LogP contribution in [0.25, 0.3) is 0 Å². The zero-order chi connectivity index (χ0) is 13.5. The molecule has 0 spiro atoms. The lowest BCUT2D eigenvalue weighted by Gasteiger charge is -2.33. The van der Waals surface area contributed by atoms with E-state index in [1.165, 1.54) is 5.56 Å². The van der Waals surface area contributed by atoms with E-state index < -0.39 is 0 Å². The molecule has 0 fully saturated rings. The number of aromatic nitrogens is 1. The minimum atomic E-state index is 0.0910. The molecule has 1 rings (SSSR count). The van der Waals surface area contributed by atoms with E-state index in [0.29, 0.717) is 0 Å². The third kappa shape index (κ3) is 5.38. The van der Waals surface area contributed by atoms with E-state index in [0.717, 1.165) is 6.42 Å². The molecule has 0 bridgehead atoms. The van der Waals surface area contributed by atoms with Crippen LogP contribution in [0.5, 0.6) is 0 Å². The van der Waals surface area contributed by atoms with Gasteiger partial charge in [0.1, 0.15) is 7.28 Å². The maximum absolute atomic E-state index is 4.19. The third-order valence-corrected chi connectivity index (χ3v) is 3.07. The van der Waals surface area contributed by atoms with E-state index in [1.54, 1.807) is 0 Å². The van der Waals surface area contributed by atoms with Crippen molar-refractivity contribution >= 4 is 7.28 Å². The van der Waals surface area contributed by atoms with Crippen LogP contribution in [0.15, 0.2) is 24.5 Å². The topological polar surface area (TPSA) is 12.9 Å². The Bertz CT molecular complexity index is 304. The summed E-state index contributed by atoms with van der Waals surface area (Å²) in [6, 6.07) is 4.15. The smallest absolute Gasteiger partial charge is 0.130 e. The van der Waals surface area contributed by atoms with Crippen molar-refractivity contribution in [3.05, 3.63) is 30.1 Å². The minimum Gasteiger partial charge on any atom is -0.264 e. The van der Waals surface area contributed by atoms with E-state index >= 15 is 0 Å². The zero-order valence-corrected chi connectivity index (χ0v) is 12.5. The number of rotatable bonds is 4. The molecule has 17 heavy (non-hydrogen) atoms. The first-order chi connectivity index (χ1) is 7.87. The quantitative estimate of drug-likeness (QED) is 0.688. The molecule has 0 aliphatic carbocycles. The van der Waals surface area contributed by atoms with E-state index in [2.05, 4.69) is 52.9 Å². The van der Waals surface area contributed by atoms with E-state index in [9.17, 15) is 0 Å². The molecular formula is C15H27BN. The van der Waals surface area contributed by atoms with Gasteiger partial charge in [0, 0.05) is 12.4 Å². The molecule has 1 aromatic heterocycles. The van der Waals surface area contributed by atoms with Gasteiger partial charge in [-0.2, -0.15) is 0 Å². The summed E-state index contributed by atoms with van der Waals surface area (Å²) in [6.07, 6.45) is 4.95. The molecule has 0 saturated heterocycles. The zero-order valence-electron chi connectivity index (χ0n) is 12.5. The van der Waals surface area contributed by atoms with Gasteiger partial charge in [-0.3, -0.25) is 4.98 Å². The van der Waals surface area contributed by atoms with Crippen LogP contribution in [0.2, 0.25) is 5.31 Å². The number of hydrogen-bond acceptors (Lipinski definition) is 1. The number of pyridine rings is 1. The molecule has 0 amide bonds. The van der Waals surface area contributed by atoms with E-state index in [4.69, 9.17) is 0 Å². The van der Waals surface area contributed by atoms with Crippen molar-refractivity contribution in [3.63, 3.8) is 0 Å². The molecule has 0 unspecified atom stereocenters. The Labute approximate surface area is 108 Å². The fraction of sp³-hybridized carbons (Fsp3) is 0.667. The van der Waals surface area contributed by atoms with Crippen LogP contribution in [0.1, 0.15) is 60.5 Å². The molecule has 0 aromatic carbocycles. The van der Waals surface area contributed by atoms with Crippen molar-refractivity contribution in [1.82, 2.24) is 4.98 Å². The van der Waals surface area contributed by atoms with Gasteiger partial charge in [0.15, 0.2) is 0 Å². The predicted octanol–water partition coefficient (Wildman–Crippen LogP) is 4.66. The first-order valence-corrected chi connectivity index (χ1v) is 6.65. The molecule has 0 saturated carbocycles. The summed E-state index contributed by atoms with van der Waals surface area (Å²) in [5, 5.41) is 0.368. The monoisotopic (exact) mass is 232 g/mol. The normalized spacial score (nSPS) is 11.5. The van der Waals surface area contributed by atoms with Crippen molar-refractivity contribution in [2.24, 2.45) is 0 Å². The first-order valence-electron chi connectivity index (χ1n) is 6.65. The Balaban J connectivity index is 0.00000121. The van der Waals surface area contributed by atoms with Gasteiger partial charge in [-0.15, -0.1) is 0 Å². The molecule has 1 nitrogen and oxygen atoms in total. The lowest BCUT2D eigenvalue weighted by atomic mass is 9.39.